The van der Waals surface area contributed by atoms with E-state index in [4.69, 9.17) is 12.2 Å². The van der Waals surface area contributed by atoms with Gasteiger partial charge in [0.25, 0.3) is 5.91 Å². The normalized spacial score (nSPS) is 17.0. The van der Waals surface area contributed by atoms with E-state index in [1.165, 1.54) is 17.3 Å². The summed E-state index contributed by atoms with van der Waals surface area (Å²) in [6.07, 6.45) is 3.67. The van der Waals surface area contributed by atoms with Crippen LogP contribution in [0.4, 0.5) is 5.69 Å². The number of aromatic nitrogens is 1. The minimum absolute atomic E-state index is 0.0634. The third-order valence-electron chi connectivity index (χ3n) is 3.30. The number of amides is 1. The van der Waals surface area contributed by atoms with Crippen LogP contribution in [0.2, 0.25) is 0 Å². The van der Waals surface area contributed by atoms with Crippen molar-refractivity contribution in [1.29, 1.82) is 0 Å². The van der Waals surface area contributed by atoms with Gasteiger partial charge in [0.05, 0.1) is 10.6 Å². The number of carbonyl (C=O) groups excluding carboxylic acids is 1. The molecule has 5 heteroatoms. The first-order valence-corrected chi connectivity index (χ1v) is 7.77. The molecule has 0 atom stereocenters. The highest BCUT2D eigenvalue weighted by Gasteiger charge is 2.34. The summed E-state index contributed by atoms with van der Waals surface area (Å²) in [6, 6.07) is 9.82. The van der Waals surface area contributed by atoms with Crippen molar-refractivity contribution in [2.24, 2.45) is 0 Å². The first-order chi connectivity index (χ1) is 10.1. The molecule has 3 nitrogen and oxygen atoms in total. The number of rotatable bonds is 2. The largest absolute Gasteiger partial charge is 0.362 e. The average molecular weight is 314 g/mol. The summed E-state index contributed by atoms with van der Waals surface area (Å²) in [7, 11) is 0. The lowest BCUT2D eigenvalue weighted by Gasteiger charge is -2.17. The van der Waals surface area contributed by atoms with Gasteiger partial charge in [0.15, 0.2) is 4.32 Å². The number of thioether (sulfide) groups is 1. The Morgan fingerprint density at radius 1 is 1.29 bits per heavy atom. The zero-order chi connectivity index (χ0) is 15.0. The van der Waals surface area contributed by atoms with Gasteiger partial charge >= 0.3 is 0 Å². The topological polar surface area (TPSA) is 36.1 Å². The number of hydrogen-bond donors (Lipinski definition) is 1. The molecule has 1 aromatic heterocycles. The Kier molecular flexibility index (Phi) is 3.69. The highest BCUT2D eigenvalue weighted by atomic mass is 32.2. The monoisotopic (exact) mass is 314 g/mol. The molecule has 0 saturated carbocycles. The second-order valence-corrected chi connectivity index (χ2v) is 6.61. The lowest BCUT2D eigenvalue weighted by molar-refractivity contribution is -0.113. The van der Waals surface area contributed by atoms with Crippen LogP contribution in [-0.4, -0.2) is 15.2 Å². The number of aryl methyl sites for hydroxylation is 2. The minimum atomic E-state index is -0.0634. The van der Waals surface area contributed by atoms with Gasteiger partial charge in [0.1, 0.15) is 0 Å². The molecule has 0 bridgehead atoms. The van der Waals surface area contributed by atoms with E-state index in [9.17, 15) is 4.79 Å². The third-order valence-corrected chi connectivity index (χ3v) is 4.60. The number of carbonyl (C=O) groups is 1. The van der Waals surface area contributed by atoms with Gasteiger partial charge in [0, 0.05) is 11.9 Å². The molecule has 1 saturated heterocycles. The number of nitrogens with one attached hydrogen (secondary N) is 1. The van der Waals surface area contributed by atoms with Crippen molar-refractivity contribution in [3.05, 3.63) is 58.3 Å². The van der Waals surface area contributed by atoms with Crippen LogP contribution in [0.15, 0.2) is 41.4 Å². The number of aromatic amines is 1. The molecule has 0 radical (unpaired) electrons. The summed E-state index contributed by atoms with van der Waals surface area (Å²) in [4.78, 5) is 17.9. The molecule has 1 aromatic carbocycles. The molecular weight excluding hydrogens is 300 g/mol. The molecular formula is C16H14N2OS2. The second kappa shape index (κ2) is 5.50. The first kappa shape index (κ1) is 14.1. The average Bonchev–Trinajstić information content (AvgIpc) is 3.02. The summed E-state index contributed by atoms with van der Waals surface area (Å²) >= 11 is 6.72. The summed E-state index contributed by atoms with van der Waals surface area (Å²) in [5, 5.41) is 0. The summed E-state index contributed by atoms with van der Waals surface area (Å²) in [5.74, 6) is -0.0634. The fourth-order valence-corrected chi connectivity index (χ4v) is 3.58. The predicted octanol–water partition coefficient (Wildman–Crippen LogP) is 4.04. The van der Waals surface area contributed by atoms with Gasteiger partial charge in [-0.25, -0.2) is 0 Å². The Bertz CT molecular complexity index is 748. The van der Waals surface area contributed by atoms with Gasteiger partial charge in [-0.05, 0) is 43.7 Å². The van der Waals surface area contributed by atoms with E-state index in [0.29, 0.717) is 9.23 Å². The highest BCUT2D eigenvalue weighted by Crippen LogP contribution is 2.37. The van der Waals surface area contributed by atoms with Crippen molar-refractivity contribution in [3.63, 3.8) is 0 Å². The van der Waals surface area contributed by atoms with Crippen LogP contribution in [0.25, 0.3) is 6.08 Å². The molecule has 1 aliphatic heterocycles. The lowest BCUT2D eigenvalue weighted by atomic mass is 10.1. The fraction of sp³-hybridized carbons (Fsp3) is 0.125. The quantitative estimate of drug-likeness (QED) is 0.671. The molecule has 1 amide bonds. The van der Waals surface area contributed by atoms with E-state index in [-0.39, 0.29) is 5.91 Å². The number of H-pyrrole nitrogens is 1. The molecule has 0 unspecified atom stereocenters. The van der Waals surface area contributed by atoms with Crippen LogP contribution in [0.5, 0.6) is 0 Å². The van der Waals surface area contributed by atoms with E-state index in [1.807, 2.05) is 50.4 Å². The van der Waals surface area contributed by atoms with Crippen LogP contribution < -0.4 is 4.90 Å². The van der Waals surface area contributed by atoms with Crippen molar-refractivity contribution in [3.8, 4) is 0 Å². The molecule has 1 fully saturated rings. The highest BCUT2D eigenvalue weighted by molar-refractivity contribution is 8.27. The molecule has 2 aromatic rings. The van der Waals surface area contributed by atoms with Crippen LogP contribution in [0, 0.1) is 13.8 Å². The van der Waals surface area contributed by atoms with Crippen LogP contribution in [-0.2, 0) is 4.79 Å². The summed E-state index contributed by atoms with van der Waals surface area (Å²) in [6.45, 7) is 4.03. The molecule has 0 aliphatic carbocycles. The fourth-order valence-electron chi connectivity index (χ4n) is 2.31. The predicted molar refractivity (Wildman–Crippen MR) is 92.4 cm³/mol. The molecule has 1 N–H and O–H groups in total. The Labute approximate surface area is 133 Å². The number of benzene rings is 1. The van der Waals surface area contributed by atoms with E-state index in [1.54, 1.807) is 4.90 Å². The maximum absolute atomic E-state index is 12.6. The molecule has 1 aliphatic rings. The van der Waals surface area contributed by atoms with Crippen molar-refractivity contribution >= 4 is 46.0 Å². The zero-order valence-electron chi connectivity index (χ0n) is 11.7. The lowest BCUT2D eigenvalue weighted by Crippen LogP contribution is -2.28. The molecule has 0 spiro atoms. The molecule has 2 heterocycles. The number of hydrogen-bond acceptors (Lipinski definition) is 3. The Morgan fingerprint density at radius 2 is 2.10 bits per heavy atom. The van der Waals surface area contributed by atoms with Gasteiger partial charge in [-0.15, -0.1) is 0 Å². The molecule has 106 valence electrons. The van der Waals surface area contributed by atoms with Gasteiger partial charge in [-0.1, -0.05) is 41.7 Å². The third kappa shape index (κ3) is 2.66. The molecule has 3 rings (SSSR count). The molecule has 21 heavy (non-hydrogen) atoms. The summed E-state index contributed by atoms with van der Waals surface area (Å²) in [5.41, 5.74) is 3.98. The number of nitrogens with zero attached hydrogens (tertiary/aromatic N) is 1. The number of anilines is 1. The van der Waals surface area contributed by atoms with Crippen molar-refractivity contribution in [2.75, 3.05) is 4.90 Å². The zero-order valence-corrected chi connectivity index (χ0v) is 13.3. The smallest absolute Gasteiger partial charge is 0.270 e. The maximum atomic E-state index is 12.6. The van der Waals surface area contributed by atoms with Crippen LogP contribution in [0.1, 0.15) is 16.8 Å². The Hall–Kier alpha value is -1.85. The second-order valence-electron chi connectivity index (χ2n) is 4.93. The Balaban J connectivity index is 1.98. The van der Waals surface area contributed by atoms with Gasteiger partial charge in [-0.2, -0.15) is 0 Å². The van der Waals surface area contributed by atoms with E-state index in [2.05, 4.69) is 11.1 Å². The van der Waals surface area contributed by atoms with Crippen molar-refractivity contribution in [2.45, 2.75) is 13.8 Å². The number of thiocarbonyl (C=S) groups is 1. The SMILES string of the molecule is Cc1ccc(N2C(=O)C(=Cc3ccc[nH]3)SC2=S)c(C)c1. The van der Waals surface area contributed by atoms with E-state index >= 15 is 0 Å². The Morgan fingerprint density at radius 3 is 2.76 bits per heavy atom. The van der Waals surface area contributed by atoms with Crippen molar-refractivity contribution < 1.29 is 4.79 Å². The van der Waals surface area contributed by atoms with E-state index in [0.717, 1.165) is 16.9 Å². The van der Waals surface area contributed by atoms with Crippen LogP contribution in [0.3, 0.4) is 0 Å². The first-order valence-electron chi connectivity index (χ1n) is 6.55. The van der Waals surface area contributed by atoms with Crippen LogP contribution >= 0.6 is 24.0 Å². The van der Waals surface area contributed by atoms with Gasteiger partial charge in [-0.3, -0.25) is 9.69 Å². The minimum Gasteiger partial charge on any atom is -0.362 e. The van der Waals surface area contributed by atoms with Gasteiger partial charge in [0.2, 0.25) is 0 Å². The standard InChI is InChI=1S/C16H14N2OS2/c1-10-5-6-13(11(2)8-10)18-15(19)14(21-16(18)20)9-12-4-3-7-17-12/h3-9,17H,1-2H3. The summed E-state index contributed by atoms with van der Waals surface area (Å²) < 4.78 is 0.574. The van der Waals surface area contributed by atoms with Crippen molar-refractivity contribution in [1.82, 2.24) is 4.98 Å². The van der Waals surface area contributed by atoms with E-state index < -0.39 is 0 Å². The maximum Gasteiger partial charge on any atom is 0.270 e. The van der Waals surface area contributed by atoms with Gasteiger partial charge < -0.3 is 4.98 Å².